The van der Waals surface area contributed by atoms with Crippen molar-refractivity contribution >= 4 is 11.9 Å². The lowest BCUT2D eigenvalue weighted by atomic mass is 10.2. The average Bonchev–Trinajstić information content (AvgIpc) is 3.17. The van der Waals surface area contributed by atoms with Gasteiger partial charge in [0.15, 0.2) is 6.61 Å². The Labute approximate surface area is 112 Å². The minimum absolute atomic E-state index is 0.371. The number of nitrogens with one attached hydrogen (secondary N) is 1. The third-order valence-electron chi connectivity index (χ3n) is 3.11. The van der Waals surface area contributed by atoms with Gasteiger partial charge >= 0.3 is 5.97 Å². The summed E-state index contributed by atoms with van der Waals surface area (Å²) < 4.78 is 5.24. The summed E-state index contributed by atoms with van der Waals surface area (Å²) in [6.45, 7) is 4.34. The van der Waals surface area contributed by atoms with E-state index in [1.165, 1.54) is 12.8 Å². The average molecular weight is 265 g/mol. The third-order valence-corrected chi connectivity index (χ3v) is 3.11. The van der Waals surface area contributed by atoms with Crippen LogP contribution < -0.4 is 10.1 Å². The Morgan fingerprint density at radius 1 is 1.47 bits per heavy atom. The van der Waals surface area contributed by atoms with Crippen molar-refractivity contribution < 1.29 is 14.6 Å². The van der Waals surface area contributed by atoms with Gasteiger partial charge in [0.25, 0.3) is 0 Å². The van der Waals surface area contributed by atoms with Crippen molar-refractivity contribution in [1.29, 1.82) is 0 Å². The maximum Gasteiger partial charge on any atom is 0.341 e. The Kier molecular flexibility index (Phi) is 4.19. The number of nitrogens with zero attached hydrogens (tertiary/aromatic N) is 2. The second kappa shape index (κ2) is 5.86. The van der Waals surface area contributed by atoms with E-state index < -0.39 is 5.97 Å². The van der Waals surface area contributed by atoms with Gasteiger partial charge in [-0.2, -0.15) is 4.98 Å². The monoisotopic (exact) mass is 265 g/mol. The number of carbonyl (C=O) groups is 1. The predicted octanol–water partition coefficient (Wildman–Crippen LogP) is 1.63. The summed E-state index contributed by atoms with van der Waals surface area (Å²) >= 11 is 0. The van der Waals surface area contributed by atoms with E-state index in [1.807, 2.05) is 13.8 Å². The van der Waals surface area contributed by atoms with E-state index in [1.54, 1.807) is 0 Å². The lowest BCUT2D eigenvalue weighted by Crippen LogP contribution is -2.15. The molecule has 0 unspecified atom stereocenters. The van der Waals surface area contributed by atoms with Gasteiger partial charge in [0, 0.05) is 17.8 Å². The van der Waals surface area contributed by atoms with Crippen LogP contribution in [-0.2, 0) is 11.2 Å². The topological polar surface area (TPSA) is 84.3 Å². The summed E-state index contributed by atoms with van der Waals surface area (Å²) in [5.74, 6) is 0.599. The van der Waals surface area contributed by atoms with Crippen LogP contribution in [0, 0.1) is 12.8 Å². The molecule has 1 heterocycles. The molecule has 0 aliphatic heterocycles. The van der Waals surface area contributed by atoms with E-state index in [-0.39, 0.29) is 6.61 Å². The fourth-order valence-electron chi connectivity index (χ4n) is 1.86. The Hall–Kier alpha value is -1.85. The standard InChI is InChI=1S/C13H19N3O3/c1-3-10-8(2)15-13(14-6-9-4-5-9)16-12(10)19-7-11(17)18/h9H,3-7H2,1-2H3,(H,17,18)(H,14,15,16). The highest BCUT2D eigenvalue weighted by Gasteiger charge is 2.21. The zero-order valence-electron chi connectivity index (χ0n) is 11.3. The van der Waals surface area contributed by atoms with Crippen molar-refractivity contribution in [3.63, 3.8) is 0 Å². The van der Waals surface area contributed by atoms with Crippen LogP contribution in [0.25, 0.3) is 0 Å². The van der Waals surface area contributed by atoms with E-state index in [0.717, 1.165) is 23.7 Å². The van der Waals surface area contributed by atoms with Gasteiger partial charge < -0.3 is 15.2 Å². The molecule has 0 amide bonds. The molecule has 1 aliphatic carbocycles. The highest BCUT2D eigenvalue weighted by atomic mass is 16.5. The van der Waals surface area contributed by atoms with E-state index >= 15 is 0 Å². The molecule has 1 aromatic rings. The first kappa shape index (κ1) is 13.6. The largest absolute Gasteiger partial charge is 0.479 e. The maximum absolute atomic E-state index is 10.6. The Balaban J connectivity index is 2.13. The zero-order valence-corrected chi connectivity index (χ0v) is 11.3. The molecule has 0 radical (unpaired) electrons. The number of aliphatic carboxylic acids is 1. The Morgan fingerprint density at radius 3 is 2.79 bits per heavy atom. The van der Waals surface area contributed by atoms with Gasteiger partial charge in [-0.1, -0.05) is 6.92 Å². The molecule has 0 aromatic carbocycles. The number of hydrogen-bond acceptors (Lipinski definition) is 5. The van der Waals surface area contributed by atoms with Crippen LogP contribution in [0.5, 0.6) is 5.88 Å². The van der Waals surface area contributed by atoms with Crippen LogP contribution >= 0.6 is 0 Å². The molecule has 0 spiro atoms. The minimum Gasteiger partial charge on any atom is -0.479 e. The van der Waals surface area contributed by atoms with Gasteiger partial charge in [0.05, 0.1) is 0 Å². The SMILES string of the molecule is CCc1c(C)nc(NCC2CC2)nc1OCC(=O)O. The summed E-state index contributed by atoms with van der Waals surface area (Å²) in [6, 6.07) is 0. The summed E-state index contributed by atoms with van der Waals surface area (Å²) in [7, 11) is 0. The molecule has 6 nitrogen and oxygen atoms in total. The van der Waals surface area contributed by atoms with E-state index in [4.69, 9.17) is 9.84 Å². The molecule has 2 N–H and O–H groups in total. The van der Waals surface area contributed by atoms with Crippen LogP contribution in [0.15, 0.2) is 0 Å². The smallest absolute Gasteiger partial charge is 0.341 e. The fourth-order valence-corrected chi connectivity index (χ4v) is 1.86. The van der Waals surface area contributed by atoms with Crippen molar-refractivity contribution in [3.8, 4) is 5.88 Å². The number of aromatic nitrogens is 2. The first-order chi connectivity index (χ1) is 9.10. The Bertz CT molecular complexity index is 472. The number of anilines is 1. The van der Waals surface area contributed by atoms with Gasteiger partial charge in [-0.05, 0) is 32.1 Å². The van der Waals surface area contributed by atoms with Crippen molar-refractivity contribution in [2.24, 2.45) is 5.92 Å². The number of hydrogen-bond donors (Lipinski definition) is 2. The second-order valence-electron chi connectivity index (χ2n) is 4.78. The second-order valence-corrected chi connectivity index (χ2v) is 4.78. The molecule has 1 aliphatic rings. The van der Waals surface area contributed by atoms with E-state index in [9.17, 15) is 4.79 Å². The maximum atomic E-state index is 10.6. The van der Waals surface area contributed by atoms with E-state index in [0.29, 0.717) is 18.2 Å². The summed E-state index contributed by atoms with van der Waals surface area (Å²) in [5, 5.41) is 11.9. The lowest BCUT2D eigenvalue weighted by Gasteiger charge is -2.12. The molecule has 104 valence electrons. The molecule has 1 saturated carbocycles. The quantitative estimate of drug-likeness (QED) is 0.779. The lowest BCUT2D eigenvalue weighted by molar-refractivity contribution is -0.139. The fraction of sp³-hybridized carbons (Fsp3) is 0.615. The van der Waals surface area contributed by atoms with Crippen LogP contribution in [0.3, 0.4) is 0 Å². The highest BCUT2D eigenvalue weighted by Crippen LogP contribution is 2.29. The highest BCUT2D eigenvalue weighted by molar-refractivity contribution is 5.68. The normalized spacial score (nSPS) is 14.2. The first-order valence-corrected chi connectivity index (χ1v) is 6.56. The molecule has 0 bridgehead atoms. The summed E-state index contributed by atoms with van der Waals surface area (Å²) in [6.07, 6.45) is 3.21. The predicted molar refractivity (Wildman–Crippen MR) is 70.5 cm³/mol. The third kappa shape index (κ3) is 3.81. The van der Waals surface area contributed by atoms with E-state index in [2.05, 4.69) is 15.3 Å². The van der Waals surface area contributed by atoms with Crippen molar-refractivity contribution in [2.45, 2.75) is 33.1 Å². The van der Waals surface area contributed by atoms with Gasteiger partial charge in [-0.25, -0.2) is 9.78 Å². The molecule has 0 atom stereocenters. The molecule has 2 rings (SSSR count). The molecule has 1 fully saturated rings. The minimum atomic E-state index is -1.01. The number of rotatable bonds is 7. The summed E-state index contributed by atoms with van der Waals surface area (Å²) in [4.78, 5) is 19.2. The molecule has 19 heavy (non-hydrogen) atoms. The number of carboxylic acid groups (broad SMARTS) is 1. The van der Waals surface area contributed by atoms with Crippen LogP contribution in [-0.4, -0.2) is 34.2 Å². The van der Waals surface area contributed by atoms with Crippen LogP contribution in [0.4, 0.5) is 5.95 Å². The van der Waals surface area contributed by atoms with Crippen molar-refractivity contribution in [1.82, 2.24) is 9.97 Å². The molecule has 6 heteroatoms. The number of aryl methyl sites for hydroxylation is 1. The van der Waals surface area contributed by atoms with Crippen molar-refractivity contribution in [2.75, 3.05) is 18.5 Å². The molecule has 1 aromatic heterocycles. The van der Waals surface area contributed by atoms with Gasteiger partial charge in [0.2, 0.25) is 11.8 Å². The zero-order chi connectivity index (χ0) is 13.8. The molecule has 0 saturated heterocycles. The van der Waals surface area contributed by atoms with Gasteiger partial charge in [-0.3, -0.25) is 0 Å². The summed E-state index contributed by atoms with van der Waals surface area (Å²) in [5.41, 5.74) is 1.69. The number of carboxylic acids is 1. The number of ether oxygens (including phenoxy) is 1. The van der Waals surface area contributed by atoms with Crippen LogP contribution in [0.1, 0.15) is 31.0 Å². The van der Waals surface area contributed by atoms with Gasteiger partial charge in [0.1, 0.15) is 0 Å². The molecular weight excluding hydrogens is 246 g/mol. The van der Waals surface area contributed by atoms with Gasteiger partial charge in [-0.15, -0.1) is 0 Å². The van der Waals surface area contributed by atoms with Crippen molar-refractivity contribution in [3.05, 3.63) is 11.3 Å². The Morgan fingerprint density at radius 2 is 2.21 bits per heavy atom. The molecular formula is C13H19N3O3. The van der Waals surface area contributed by atoms with Crippen LogP contribution in [0.2, 0.25) is 0 Å². The first-order valence-electron chi connectivity index (χ1n) is 6.56.